The summed E-state index contributed by atoms with van der Waals surface area (Å²) in [4.78, 5) is 78.9. The molecule has 1 N–H and O–H groups in total. The van der Waals surface area contributed by atoms with Crippen molar-refractivity contribution in [3.63, 3.8) is 0 Å². The van der Waals surface area contributed by atoms with Gasteiger partial charge < -0.3 is 33.5 Å². The molecule has 4 aliphatic rings. The Morgan fingerprint density at radius 1 is 0.860 bits per heavy atom. The molecule has 50 heavy (non-hydrogen) atoms. The van der Waals surface area contributed by atoms with E-state index in [2.05, 4.69) is 6.58 Å². The second-order valence-electron chi connectivity index (χ2n) is 14.3. The highest BCUT2D eigenvalue weighted by molar-refractivity contribution is 5.91. The van der Waals surface area contributed by atoms with Gasteiger partial charge in [0.25, 0.3) is 0 Å². The topological polar surface area (TPSA) is 178 Å². The summed E-state index contributed by atoms with van der Waals surface area (Å²) in [6, 6.07) is 9.03. The molecule has 11 atom stereocenters. The minimum Gasteiger partial charge on any atom is -0.462 e. The van der Waals surface area contributed by atoms with E-state index < -0.39 is 100 Å². The highest BCUT2D eigenvalue weighted by Gasteiger charge is 2.82. The minimum atomic E-state index is -2.36. The third kappa shape index (κ3) is 5.73. The summed E-state index contributed by atoms with van der Waals surface area (Å²) in [6.45, 7) is 13.3. The van der Waals surface area contributed by atoms with Gasteiger partial charge in [-0.25, -0.2) is 4.79 Å². The Balaban J connectivity index is 1.76. The van der Waals surface area contributed by atoms with Gasteiger partial charge in [0.2, 0.25) is 0 Å². The van der Waals surface area contributed by atoms with E-state index in [0.29, 0.717) is 0 Å². The first kappa shape index (κ1) is 36.9. The molecule has 270 valence electrons. The molecule has 3 saturated carbocycles. The van der Waals surface area contributed by atoms with Crippen molar-refractivity contribution in [3.8, 4) is 0 Å². The van der Waals surface area contributed by atoms with Crippen LogP contribution in [-0.4, -0.2) is 89.1 Å². The fourth-order valence-corrected chi connectivity index (χ4v) is 8.98. The molecule has 1 heterocycles. The maximum absolute atomic E-state index is 14.1. The van der Waals surface area contributed by atoms with E-state index >= 15 is 0 Å². The Kier molecular flexibility index (Phi) is 9.65. The molecule has 4 fully saturated rings. The number of benzene rings is 1. The molecule has 13 heteroatoms. The number of Topliss-reactive ketones (excluding diaryl/α,β-unsaturated/α-hetero) is 1. The normalized spacial score (nSPS) is 39.0. The predicted molar refractivity (Wildman–Crippen MR) is 173 cm³/mol. The van der Waals surface area contributed by atoms with Crippen LogP contribution in [0.5, 0.6) is 0 Å². The van der Waals surface area contributed by atoms with Crippen LogP contribution in [0.4, 0.5) is 0 Å². The van der Waals surface area contributed by atoms with Crippen molar-refractivity contribution in [2.24, 2.45) is 22.7 Å². The number of hydrogen-bond donors (Lipinski definition) is 1. The van der Waals surface area contributed by atoms with Gasteiger partial charge in [0.15, 0.2) is 23.6 Å². The summed E-state index contributed by atoms with van der Waals surface area (Å²) in [7, 11) is 0. The third-order valence-corrected chi connectivity index (χ3v) is 11.3. The van der Waals surface area contributed by atoms with Crippen molar-refractivity contribution in [2.45, 2.75) is 103 Å². The SMILES string of the molecule is C=C1[C@@H](OC(=O)/C=C/c2ccccc2)C[C@H](OC(C)=O)[C@@]2(C)[C@@H](OC(C)=O)[C@H](OC(C)=O)[C@]3(O)[C@@]4(C)OC[C@@]3(C)[C@@H](CC4=O)[C@@H](OC(C)=O)[C@H]12. The first-order chi connectivity index (χ1) is 23.3. The van der Waals surface area contributed by atoms with Crippen LogP contribution in [0.3, 0.4) is 0 Å². The second kappa shape index (κ2) is 13.1. The van der Waals surface area contributed by atoms with E-state index in [-0.39, 0.29) is 25.0 Å². The average Bonchev–Trinajstić information content (AvgIpc) is 3.17. The van der Waals surface area contributed by atoms with Crippen molar-refractivity contribution in [1.82, 2.24) is 0 Å². The zero-order valence-corrected chi connectivity index (χ0v) is 29.3. The fraction of sp³-hybridized carbons (Fsp3) is 0.568. The Labute approximate surface area is 290 Å². The Hall–Kier alpha value is -4.36. The van der Waals surface area contributed by atoms with Crippen LogP contribution in [-0.2, 0) is 57.2 Å². The van der Waals surface area contributed by atoms with Crippen molar-refractivity contribution in [2.75, 3.05) is 6.61 Å². The molecule has 1 saturated heterocycles. The van der Waals surface area contributed by atoms with Gasteiger partial charge in [0.1, 0.15) is 23.9 Å². The van der Waals surface area contributed by atoms with Crippen LogP contribution in [0.15, 0.2) is 48.6 Å². The van der Waals surface area contributed by atoms with Crippen LogP contribution in [0.2, 0.25) is 0 Å². The molecule has 1 aromatic carbocycles. The van der Waals surface area contributed by atoms with E-state index in [4.69, 9.17) is 28.4 Å². The lowest BCUT2D eigenvalue weighted by Crippen LogP contribution is -2.80. The lowest BCUT2D eigenvalue weighted by Gasteiger charge is -2.64. The molecule has 5 rings (SSSR count). The number of aliphatic hydroxyl groups is 1. The first-order valence-corrected chi connectivity index (χ1v) is 16.5. The third-order valence-electron chi connectivity index (χ3n) is 11.3. The number of rotatable bonds is 7. The van der Waals surface area contributed by atoms with Gasteiger partial charge >= 0.3 is 29.8 Å². The van der Waals surface area contributed by atoms with Crippen LogP contribution in [0.25, 0.3) is 6.08 Å². The summed E-state index contributed by atoms with van der Waals surface area (Å²) in [5, 5.41) is 13.0. The number of hydrogen-bond acceptors (Lipinski definition) is 13. The lowest BCUT2D eigenvalue weighted by molar-refractivity contribution is -0.295. The van der Waals surface area contributed by atoms with Gasteiger partial charge in [-0.3, -0.25) is 24.0 Å². The van der Waals surface area contributed by atoms with Gasteiger partial charge in [-0.2, -0.15) is 0 Å². The molecular formula is C37H44O13. The van der Waals surface area contributed by atoms with E-state index in [0.717, 1.165) is 19.4 Å². The first-order valence-electron chi connectivity index (χ1n) is 16.5. The van der Waals surface area contributed by atoms with Crippen LogP contribution in [0, 0.1) is 22.7 Å². The Bertz CT molecular complexity index is 1630. The molecular weight excluding hydrogens is 652 g/mol. The van der Waals surface area contributed by atoms with Crippen LogP contribution < -0.4 is 0 Å². The minimum absolute atomic E-state index is 0.194. The van der Waals surface area contributed by atoms with Crippen molar-refractivity contribution in [1.29, 1.82) is 0 Å². The molecule has 0 unspecified atom stereocenters. The lowest BCUT2D eigenvalue weighted by atomic mass is 9.44. The number of carbonyl (C=O) groups is 6. The van der Waals surface area contributed by atoms with Gasteiger partial charge in [-0.05, 0) is 24.1 Å². The Morgan fingerprint density at radius 2 is 1.44 bits per heavy atom. The quantitative estimate of drug-likeness (QED) is 0.191. The molecule has 1 aromatic rings. The van der Waals surface area contributed by atoms with Gasteiger partial charge in [0, 0.05) is 63.9 Å². The maximum Gasteiger partial charge on any atom is 0.331 e. The Morgan fingerprint density at radius 3 is 2.02 bits per heavy atom. The summed E-state index contributed by atoms with van der Waals surface area (Å²) >= 11 is 0. The molecule has 13 nitrogen and oxygen atoms in total. The summed E-state index contributed by atoms with van der Waals surface area (Å²) in [6.07, 6.45) is -4.76. The summed E-state index contributed by atoms with van der Waals surface area (Å²) in [5.74, 6) is -6.69. The molecule has 0 aromatic heterocycles. The van der Waals surface area contributed by atoms with Crippen LogP contribution in [0.1, 0.15) is 66.9 Å². The molecule has 4 bridgehead atoms. The largest absolute Gasteiger partial charge is 0.462 e. The van der Waals surface area contributed by atoms with E-state index in [1.807, 2.05) is 6.07 Å². The summed E-state index contributed by atoms with van der Waals surface area (Å²) in [5.41, 5.74) is -6.51. The monoisotopic (exact) mass is 696 g/mol. The number of fused-ring (bicyclic) bond motifs is 1. The summed E-state index contributed by atoms with van der Waals surface area (Å²) < 4.78 is 35.9. The predicted octanol–water partition coefficient (Wildman–Crippen LogP) is 3.05. The average molecular weight is 697 g/mol. The number of ether oxygens (including phenoxy) is 6. The van der Waals surface area contributed by atoms with E-state index in [1.165, 1.54) is 26.8 Å². The van der Waals surface area contributed by atoms with Crippen LogP contribution >= 0.6 is 0 Å². The highest BCUT2D eigenvalue weighted by Crippen LogP contribution is 2.67. The molecule has 0 amide bonds. The van der Waals surface area contributed by atoms with Crippen molar-refractivity contribution < 1.29 is 62.3 Å². The molecule has 3 aliphatic carbocycles. The highest BCUT2D eigenvalue weighted by atomic mass is 16.6. The number of ketones is 1. The van der Waals surface area contributed by atoms with E-state index in [1.54, 1.807) is 44.2 Å². The molecule has 1 aliphatic heterocycles. The number of carbonyl (C=O) groups excluding carboxylic acids is 6. The fourth-order valence-electron chi connectivity index (χ4n) is 8.98. The van der Waals surface area contributed by atoms with Gasteiger partial charge in [-0.15, -0.1) is 0 Å². The standard InChI is InChI=1S/C37H44O13/c1-19-26(50-29(43)15-14-24-12-10-9-11-13-24)17-28(46-20(2)38)35(7)30(19)31(47-21(3)39)25-16-27(42)36(8)37(44,34(25,6)18-45-36)33(49-23(5)41)32(35)48-22(4)40/h9-15,25-26,28,30-33,44H,1,16-18H2,2-8H3/b15-14+/t25-,26-,28-,30-,31+,32-,33-,34-,35+,36-,37+/m0/s1. The molecule has 0 spiro atoms. The second-order valence-corrected chi connectivity index (χ2v) is 14.3. The zero-order valence-electron chi connectivity index (χ0n) is 29.3. The van der Waals surface area contributed by atoms with Crippen molar-refractivity contribution >= 4 is 41.7 Å². The zero-order chi connectivity index (χ0) is 37.0. The van der Waals surface area contributed by atoms with E-state index in [9.17, 15) is 33.9 Å². The molecule has 0 radical (unpaired) electrons. The number of esters is 5. The maximum atomic E-state index is 14.1. The van der Waals surface area contributed by atoms with Gasteiger partial charge in [-0.1, -0.05) is 50.8 Å². The van der Waals surface area contributed by atoms with Gasteiger partial charge in [0.05, 0.1) is 12.0 Å². The smallest absolute Gasteiger partial charge is 0.331 e. The van der Waals surface area contributed by atoms with Crippen molar-refractivity contribution in [3.05, 3.63) is 54.1 Å².